The molecule has 0 saturated carbocycles. The summed E-state index contributed by atoms with van der Waals surface area (Å²) >= 11 is 0. The minimum atomic E-state index is -0.206. The molecule has 1 aliphatic heterocycles. The van der Waals surface area contributed by atoms with Crippen molar-refractivity contribution in [2.24, 2.45) is 0 Å². The van der Waals surface area contributed by atoms with Crippen LogP contribution in [0.25, 0.3) is 11.5 Å². The normalized spacial score (nSPS) is 16.7. The first-order chi connectivity index (χ1) is 11.7. The zero-order chi connectivity index (χ0) is 16.5. The van der Waals surface area contributed by atoms with Crippen molar-refractivity contribution in [1.29, 1.82) is 0 Å². The molecular formula is C18H20N4O2. The average molecular weight is 324 g/mol. The van der Waals surface area contributed by atoms with Gasteiger partial charge in [0.2, 0.25) is 5.89 Å². The van der Waals surface area contributed by atoms with Crippen LogP contribution in [-0.4, -0.2) is 34.2 Å². The van der Waals surface area contributed by atoms with Crippen molar-refractivity contribution in [1.82, 2.24) is 15.1 Å². The summed E-state index contributed by atoms with van der Waals surface area (Å²) in [6, 6.07) is 6.17. The molecule has 6 heteroatoms. The molecule has 0 atom stereocenters. The number of carbonyl (C=O) groups excluding carboxylic acids is 1. The number of fused-ring (bicyclic) bond motifs is 1. The molecule has 0 spiro atoms. The molecule has 0 fully saturated rings. The number of carbonyl (C=O) groups is 1. The molecule has 6 nitrogen and oxygen atoms in total. The number of aromatic nitrogens is 2. The van der Waals surface area contributed by atoms with Crippen LogP contribution >= 0.6 is 0 Å². The Kier molecular flexibility index (Phi) is 3.80. The van der Waals surface area contributed by atoms with Crippen molar-refractivity contribution in [3.05, 3.63) is 41.0 Å². The van der Waals surface area contributed by atoms with Crippen LogP contribution in [0, 0.1) is 0 Å². The molecule has 2 amide bonds. The van der Waals surface area contributed by atoms with E-state index >= 15 is 0 Å². The van der Waals surface area contributed by atoms with Crippen LogP contribution in [-0.2, 0) is 12.8 Å². The van der Waals surface area contributed by atoms with Crippen molar-refractivity contribution in [3.8, 4) is 11.5 Å². The zero-order valence-corrected chi connectivity index (χ0v) is 13.7. The van der Waals surface area contributed by atoms with Gasteiger partial charge < -0.3 is 9.32 Å². The second-order valence-corrected chi connectivity index (χ2v) is 6.43. The van der Waals surface area contributed by atoms with E-state index in [9.17, 15) is 4.79 Å². The lowest BCUT2D eigenvalue weighted by Gasteiger charge is -2.24. The molecule has 1 aromatic carbocycles. The van der Waals surface area contributed by atoms with Gasteiger partial charge in [-0.15, -0.1) is 5.10 Å². The van der Waals surface area contributed by atoms with Gasteiger partial charge in [0.05, 0.1) is 0 Å². The Morgan fingerprint density at radius 2 is 2.08 bits per heavy atom. The van der Waals surface area contributed by atoms with E-state index in [0.29, 0.717) is 19.0 Å². The fourth-order valence-electron chi connectivity index (χ4n) is 3.22. The number of nitrogens with one attached hydrogen (secondary N) is 1. The lowest BCUT2D eigenvalue weighted by Crippen LogP contribution is -2.37. The lowest BCUT2D eigenvalue weighted by molar-refractivity contribution is 0.215. The SMILES string of the molecule is CC1=CCN(C(=O)Nc2nnc(-c3ccc4c(c3)CCC4)o2)CC1. The number of hydrogen-bond donors (Lipinski definition) is 1. The second-order valence-electron chi connectivity index (χ2n) is 6.43. The quantitative estimate of drug-likeness (QED) is 0.859. The minimum absolute atomic E-state index is 0.141. The van der Waals surface area contributed by atoms with Crippen LogP contribution in [0.15, 0.2) is 34.3 Å². The Hall–Kier alpha value is -2.63. The third kappa shape index (κ3) is 2.91. The molecule has 1 aromatic heterocycles. The van der Waals surface area contributed by atoms with Crippen LogP contribution < -0.4 is 5.32 Å². The Bertz CT molecular complexity index is 809. The smallest absolute Gasteiger partial charge is 0.325 e. The van der Waals surface area contributed by atoms with Gasteiger partial charge in [0.25, 0.3) is 0 Å². The van der Waals surface area contributed by atoms with Crippen molar-refractivity contribution >= 4 is 12.0 Å². The first kappa shape index (κ1) is 14.9. The van der Waals surface area contributed by atoms with Gasteiger partial charge in [-0.1, -0.05) is 22.8 Å². The number of amides is 2. The second kappa shape index (κ2) is 6.11. The molecule has 0 unspecified atom stereocenters. The monoisotopic (exact) mass is 324 g/mol. The maximum Gasteiger partial charge on any atom is 0.325 e. The number of aryl methyl sites for hydroxylation is 2. The number of nitrogens with zero attached hydrogens (tertiary/aromatic N) is 3. The number of urea groups is 1. The summed E-state index contributed by atoms with van der Waals surface area (Å²) in [5.41, 5.74) is 4.97. The maximum absolute atomic E-state index is 12.2. The van der Waals surface area contributed by atoms with Crippen LogP contribution in [0.4, 0.5) is 10.8 Å². The summed E-state index contributed by atoms with van der Waals surface area (Å²) in [6.07, 6.45) is 6.41. The molecule has 24 heavy (non-hydrogen) atoms. The molecule has 1 aliphatic carbocycles. The zero-order valence-electron chi connectivity index (χ0n) is 13.7. The van der Waals surface area contributed by atoms with E-state index in [1.165, 1.54) is 23.1 Å². The summed E-state index contributed by atoms with van der Waals surface area (Å²) in [6.45, 7) is 3.40. The number of anilines is 1. The number of benzene rings is 1. The van der Waals surface area contributed by atoms with E-state index in [2.05, 4.69) is 40.6 Å². The predicted octanol–water partition coefficient (Wildman–Crippen LogP) is 3.41. The molecule has 2 aromatic rings. The van der Waals surface area contributed by atoms with Gasteiger partial charge in [0.15, 0.2) is 0 Å². The summed E-state index contributed by atoms with van der Waals surface area (Å²) in [7, 11) is 0. The first-order valence-electron chi connectivity index (χ1n) is 8.36. The van der Waals surface area contributed by atoms with E-state index in [1.807, 2.05) is 6.07 Å². The van der Waals surface area contributed by atoms with Crippen molar-refractivity contribution < 1.29 is 9.21 Å². The molecule has 0 radical (unpaired) electrons. The molecule has 0 bridgehead atoms. The number of hydrogen-bond acceptors (Lipinski definition) is 4. The molecule has 124 valence electrons. The predicted molar refractivity (Wildman–Crippen MR) is 90.7 cm³/mol. The van der Waals surface area contributed by atoms with Gasteiger partial charge in [-0.25, -0.2) is 4.79 Å². The minimum Gasteiger partial charge on any atom is -0.403 e. The van der Waals surface area contributed by atoms with Crippen molar-refractivity contribution in [3.63, 3.8) is 0 Å². The van der Waals surface area contributed by atoms with E-state index in [0.717, 1.165) is 24.8 Å². The topological polar surface area (TPSA) is 71.3 Å². The largest absolute Gasteiger partial charge is 0.403 e. The van der Waals surface area contributed by atoms with Gasteiger partial charge in [-0.3, -0.25) is 5.32 Å². The Balaban J connectivity index is 1.46. The molecule has 2 aliphatic rings. The van der Waals surface area contributed by atoms with Gasteiger partial charge in [0, 0.05) is 18.7 Å². The highest BCUT2D eigenvalue weighted by molar-refractivity contribution is 5.87. The molecule has 2 heterocycles. The number of rotatable bonds is 2. The first-order valence-corrected chi connectivity index (χ1v) is 8.36. The summed E-state index contributed by atoms with van der Waals surface area (Å²) in [5, 5.41) is 10.7. The van der Waals surface area contributed by atoms with Crippen molar-refractivity contribution in [2.75, 3.05) is 18.4 Å². The maximum atomic E-state index is 12.2. The average Bonchev–Trinajstić information content (AvgIpc) is 3.23. The van der Waals surface area contributed by atoms with Crippen LogP contribution in [0.3, 0.4) is 0 Å². The van der Waals surface area contributed by atoms with Gasteiger partial charge in [0.1, 0.15) is 0 Å². The Morgan fingerprint density at radius 3 is 2.92 bits per heavy atom. The van der Waals surface area contributed by atoms with Gasteiger partial charge in [-0.2, -0.15) is 0 Å². The highest BCUT2D eigenvalue weighted by Crippen LogP contribution is 2.28. The van der Waals surface area contributed by atoms with E-state index < -0.39 is 0 Å². The Labute approximate surface area is 140 Å². The third-order valence-electron chi connectivity index (χ3n) is 4.71. The van der Waals surface area contributed by atoms with Crippen LogP contribution in [0.5, 0.6) is 0 Å². The van der Waals surface area contributed by atoms with Crippen LogP contribution in [0.1, 0.15) is 30.9 Å². The van der Waals surface area contributed by atoms with Gasteiger partial charge >= 0.3 is 12.0 Å². The third-order valence-corrected chi connectivity index (χ3v) is 4.71. The van der Waals surface area contributed by atoms with E-state index in [4.69, 9.17) is 4.42 Å². The summed E-state index contributed by atoms with van der Waals surface area (Å²) in [4.78, 5) is 14.0. The molecular weight excluding hydrogens is 304 g/mol. The highest BCUT2D eigenvalue weighted by Gasteiger charge is 2.19. The fraction of sp³-hybridized carbons (Fsp3) is 0.389. The van der Waals surface area contributed by atoms with E-state index in [1.54, 1.807) is 4.90 Å². The Morgan fingerprint density at radius 1 is 1.21 bits per heavy atom. The highest BCUT2D eigenvalue weighted by atomic mass is 16.4. The van der Waals surface area contributed by atoms with Gasteiger partial charge in [-0.05, 0) is 55.9 Å². The summed E-state index contributed by atoms with van der Waals surface area (Å²) in [5.74, 6) is 0.439. The molecule has 1 N–H and O–H groups in total. The molecule has 0 saturated heterocycles. The molecule has 4 rings (SSSR count). The standard InChI is InChI=1S/C18H20N4O2/c1-12-7-9-22(10-8-12)18(23)19-17-21-20-16(24-17)15-6-5-13-3-2-4-14(13)11-15/h5-7,11H,2-4,8-10H2,1H3,(H,19,21,23). The lowest BCUT2D eigenvalue weighted by atomic mass is 10.1. The summed E-state index contributed by atoms with van der Waals surface area (Å²) < 4.78 is 5.62. The fourth-order valence-corrected chi connectivity index (χ4v) is 3.22. The van der Waals surface area contributed by atoms with Crippen molar-refractivity contribution in [2.45, 2.75) is 32.6 Å². The van der Waals surface area contributed by atoms with E-state index in [-0.39, 0.29) is 12.0 Å². The van der Waals surface area contributed by atoms with Crippen LogP contribution in [0.2, 0.25) is 0 Å².